The van der Waals surface area contributed by atoms with E-state index >= 15 is 0 Å². The maximum absolute atomic E-state index is 13.7. The van der Waals surface area contributed by atoms with E-state index in [1.807, 2.05) is 0 Å². The van der Waals surface area contributed by atoms with Crippen LogP contribution in [-0.4, -0.2) is 18.2 Å². The third-order valence-electron chi connectivity index (χ3n) is 2.93. The fourth-order valence-corrected chi connectivity index (χ4v) is 2.07. The van der Waals surface area contributed by atoms with Crippen LogP contribution in [0, 0.1) is 5.82 Å². The number of carboxylic acids is 1. The van der Waals surface area contributed by atoms with Crippen LogP contribution in [0.25, 0.3) is 0 Å². The van der Waals surface area contributed by atoms with E-state index in [0.717, 1.165) is 6.07 Å². The van der Waals surface area contributed by atoms with Gasteiger partial charge in [0.25, 0.3) is 0 Å². The molecular weight excluding hydrogens is 297 g/mol. The van der Waals surface area contributed by atoms with E-state index in [1.54, 1.807) is 24.3 Å². The molecule has 1 unspecified atom stereocenters. The summed E-state index contributed by atoms with van der Waals surface area (Å²) in [6, 6.07) is 9.62. The van der Waals surface area contributed by atoms with Crippen molar-refractivity contribution in [3.05, 3.63) is 58.9 Å². The Morgan fingerprint density at radius 2 is 2.05 bits per heavy atom. The van der Waals surface area contributed by atoms with Crippen LogP contribution in [0.1, 0.15) is 11.6 Å². The first-order valence-electron chi connectivity index (χ1n) is 6.10. The molecule has 0 aliphatic heterocycles. The lowest BCUT2D eigenvalue weighted by atomic mass is 10.1. The highest BCUT2D eigenvalue weighted by atomic mass is 35.5. The van der Waals surface area contributed by atoms with Gasteiger partial charge < -0.3 is 15.2 Å². The fraction of sp³-hybridized carbons (Fsp3) is 0.133. The smallest absolute Gasteiger partial charge is 0.330 e. The highest BCUT2D eigenvalue weighted by molar-refractivity contribution is 6.33. The predicted molar refractivity (Wildman–Crippen MR) is 78.4 cm³/mol. The number of rotatable bonds is 5. The monoisotopic (exact) mass is 309 g/mol. The molecule has 0 fully saturated rings. The van der Waals surface area contributed by atoms with Crippen LogP contribution in [0.2, 0.25) is 5.02 Å². The average molecular weight is 310 g/mol. The molecule has 0 bridgehead atoms. The molecule has 2 rings (SSSR count). The first-order valence-corrected chi connectivity index (χ1v) is 6.48. The maximum atomic E-state index is 13.7. The van der Waals surface area contributed by atoms with Crippen molar-refractivity contribution in [1.82, 2.24) is 0 Å². The Morgan fingerprint density at radius 3 is 2.62 bits per heavy atom. The van der Waals surface area contributed by atoms with Gasteiger partial charge in [0.15, 0.2) is 17.6 Å². The Labute approximate surface area is 126 Å². The summed E-state index contributed by atoms with van der Waals surface area (Å²) in [6.45, 7) is 0. The van der Waals surface area contributed by atoms with Gasteiger partial charge in [-0.05, 0) is 29.8 Å². The van der Waals surface area contributed by atoms with Crippen molar-refractivity contribution in [3.8, 4) is 5.75 Å². The Balaban J connectivity index is 2.34. The topological polar surface area (TPSA) is 58.6 Å². The zero-order chi connectivity index (χ0) is 15.4. The minimum Gasteiger partial charge on any atom is -0.494 e. The van der Waals surface area contributed by atoms with Crippen molar-refractivity contribution in [3.63, 3.8) is 0 Å². The zero-order valence-corrected chi connectivity index (χ0v) is 11.9. The van der Waals surface area contributed by atoms with E-state index in [9.17, 15) is 14.3 Å². The normalized spacial score (nSPS) is 11.8. The minimum atomic E-state index is -1.14. The van der Waals surface area contributed by atoms with Crippen molar-refractivity contribution in [1.29, 1.82) is 0 Å². The Hall–Kier alpha value is -2.27. The summed E-state index contributed by atoms with van der Waals surface area (Å²) < 4.78 is 18.5. The molecular formula is C15H13ClFNO3. The number of ether oxygens (including phenoxy) is 1. The molecule has 0 radical (unpaired) electrons. The SMILES string of the molecule is COc1ccc(C(Nc2ccccc2Cl)C(=O)O)cc1F. The quantitative estimate of drug-likeness (QED) is 0.883. The van der Waals surface area contributed by atoms with Gasteiger partial charge in [0.2, 0.25) is 0 Å². The number of carboxylic acid groups (broad SMARTS) is 1. The van der Waals surface area contributed by atoms with Gasteiger partial charge in [-0.25, -0.2) is 9.18 Å². The number of hydrogen-bond donors (Lipinski definition) is 2. The van der Waals surface area contributed by atoms with Crippen LogP contribution in [0.15, 0.2) is 42.5 Å². The zero-order valence-electron chi connectivity index (χ0n) is 11.1. The molecule has 0 heterocycles. The maximum Gasteiger partial charge on any atom is 0.330 e. The largest absolute Gasteiger partial charge is 0.494 e. The molecule has 0 saturated carbocycles. The van der Waals surface area contributed by atoms with E-state index in [4.69, 9.17) is 16.3 Å². The van der Waals surface area contributed by atoms with E-state index in [0.29, 0.717) is 10.7 Å². The Morgan fingerprint density at radius 1 is 1.33 bits per heavy atom. The average Bonchev–Trinajstić information content (AvgIpc) is 2.46. The molecule has 0 saturated heterocycles. The number of benzene rings is 2. The second kappa shape index (κ2) is 6.45. The van der Waals surface area contributed by atoms with Crippen LogP contribution in [0.5, 0.6) is 5.75 Å². The number of nitrogens with one attached hydrogen (secondary N) is 1. The minimum absolute atomic E-state index is 0.0561. The number of anilines is 1. The highest BCUT2D eigenvalue weighted by Gasteiger charge is 2.21. The molecule has 110 valence electrons. The molecule has 0 aliphatic rings. The van der Waals surface area contributed by atoms with Crippen LogP contribution >= 0.6 is 11.6 Å². The lowest BCUT2D eigenvalue weighted by molar-refractivity contribution is -0.138. The molecule has 6 heteroatoms. The van der Waals surface area contributed by atoms with Crippen molar-refractivity contribution >= 4 is 23.3 Å². The van der Waals surface area contributed by atoms with Crippen molar-refractivity contribution in [2.75, 3.05) is 12.4 Å². The number of carbonyl (C=O) groups is 1. The second-order valence-corrected chi connectivity index (χ2v) is 4.70. The standard InChI is InChI=1S/C15H13ClFNO3/c1-21-13-7-6-9(8-11(13)17)14(15(19)20)18-12-5-3-2-4-10(12)16/h2-8,14,18H,1H3,(H,19,20). The molecule has 1 atom stereocenters. The van der Waals surface area contributed by atoms with Gasteiger partial charge in [0.05, 0.1) is 17.8 Å². The summed E-state index contributed by atoms with van der Waals surface area (Å²) in [5.41, 5.74) is 0.725. The van der Waals surface area contributed by atoms with E-state index in [2.05, 4.69) is 5.32 Å². The van der Waals surface area contributed by atoms with Gasteiger partial charge >= 0.3 is 5.97 Å². The van der Waals surface area contributed by atoms with Gasteiger partial charge in [0, 0.05) is 0 Å². The van der Waals surface area contributed by atoms with Gasteiger partial charge in [-0.15, -0.1) is 0 Å². The van der Waals surface area contributed by atoms with Crippen molar-refractivity contribution in [2.24, 2.45) is 0 Å². The van der Waals surface area contributed by atoms with Crippen molar-refractivity contribution < 1.29 is 19.0 Å². The summed E-state index contributed by atoms with van der Waals surface area (Å²) in [4.78, 5) is 11.4. The van der Waals surface area contributed by atoms with Gasteiger partial charge in [-0.1, -0.05) is 29.8 Å². The van der Waals surface area contributed by atoms with E-state index in [-0.39, 0.29) is 11.3 Å². The number of halogens is 2. The summed E-state index contributed by atoms with van der Waals surface area (Å²) >= 11 is 5.99. The molecule has 21 heavy (non-hydrogen) atoms. The van der Waals surface area contributed by atoms with Crippen molar-refractivity contribution in [2.45, 2.75) is 6.04 Å². The Kier molecular flexibility index (Phi) is 4.65. The van der Waals surface area contributed by atoms with Crippen LogP contribution < -0.4 is 10.1 Å². The number of para-hydroxylation sites is 1. The van der Waals surface area contributed by atoms with Gasteiger partial charge in [-0.3, -0.25) is 0 Å². The summed E-state index contributed by atoms with van der Waals surface area (Å²) in [7, 11) is 1.34. The van der Waals surface area contributed by atoms with Crippen LogP contribution in [0.4, 0.5) is 10.1 Å². The Bertz CT molecular complexity index is 663. The van der Waals surface area contributed by atoms with Gasteiger partial charge in [0.1, 0.15) is 0 Å². The predicted octanol–water partition coefficient (Wildman–Crippen LogP) is 3.73. The first kappa shape index (κ1) is 15.1. The molecule has 0 amide bonds. The molecule has 4 nitrogen and oxygen atoms in total. The molecule has 0 spiro atoms. The molecule has 2 aromatic rings. The summed E-state index contributed by atoms with van der Waals surface area (Å²) in [5, 5.41) is 12.5. The van der Waals surface area contributed by atoms with Crippen LogP contribution in [0.3, 0.4) is 0 Å². The fourth-order valence-electron chi connectivity index (χ4n) is 1.88. The second-order valence-electron chi connectivity index (χ2n) is 4.29. The third-order valence-corrected chi connectivity index (χ3v) is 3.26. The highest BCUT2D eigenvalue weighted by Crippen LogP contribution is 2.28. The number of aliphatic carboxylic acids is 1. The number of hydrogen-bond acceptors (Lipinski definition) is 3. The lowest BCUT2D eigenvalue weighted by Gasteiger charge is -2.17. The molecule has 2 N–H and O–H groups in total. The molecule has 0 aliphatic carbocycles. The third kappa shape index (κ3) is 3.44. The lowest BCUT2D eigenvalue weighted by Crippen LogP contribution is -2.20. The number of methoxy groups -OCH3 is 1. The van der Waals surface area contributed by atoms with Crippen LogP contribution in [-0.2, 0) is 4.79 Å². The summed E-state index contributed by atoms with van der Waals surface area (Å²) in [6.07, 6.45) is 0. The molecule has 0 aromatic heterocycles. The summed E-state index contributed by atoms with van der Waals surface area (Å²) in [5.74, 6) is -1.71. The van der Waals surface area contributed by atoms with E-state index < -0.39 is 17.8 Å². The molecule has 2 aromatic carbocycles. The van der Waals surface area contributed by atoms with E-state index in [1.165, 1.54) is 19.2 Å². The van der Waals surface area contributed by atoms with Gasteiger partial charge in [-0.2, -0.15) is 0 Å². The first-order chi connectivity index (χ1) is 10.0.